The molecule has 0 bridgehead atoms. The van der Waals surface area contributed by atoms with E-state index in [2.05, 4.69) is 31.1 Å². The van der Waals surface area contributed by atoms with E-state index in [1.54, 1.807) is 0 Å². The van der Waals surface area contributed by atoms with Crippen molar-refractivity contribution in [3.63, 3.8) is 0 Å². The molecule has 1 rings (SSSR count). The van der Waals surface area contributed by atoms with E-state index in [0.717, 1.165) is 6.04 Å². The van der Waals surface area contributed by atoms with Gasteiger partial charge in [0.2, 0.25) is 0 Å². The van der Waals surface area contributed by atoms with Crippen molar-refractivity contribution < 1.29 is 0 Å². The minimum atomic E-state index is 0.630. The quantitative estimate of drug-likeness (QED) is 0.619. The molecule has 2 unspecified atom stereocenters. The lowest BCUT2D eigenvalue weighted by atomic mass is 10.2. The average molecular weight is 142 g/mol. The lowest BCUT2D eigenvalue weighted by Gasteiger charge is -2.15. The molecule has 0 amide bonds. The van der Waals surface area contributed by atoms with Crippen LogP contribution in [0.1, 0.15) is 26.7 Å². The van der Waals surface area contributed by atoms with Crippen LogP contribution in [0, 0.1) is 0 Å². The first-order valence-electron chi connectivity index (χ1n) is 4.24. The van der Waals surface area contributed by atoms with Crippen LogP contribution in [-0.4, -0.2) is 30.7 Å². The van der Waals surface area contributed by atoms with Crippen molar-refractivity contribution >= 4 is 0 Å². The van der Waals surface area contributed by atoms with E-state index in [0.29, 0.717) is 6.17 Å². The molecule has 1 saturated heterocycles. The van der Waals surface area contributed by atoms with E-state index in [1.165, 1.54) is 19.4 Å². The van der Waals surface area contributed by atoms with Crippen LogP contribution in [0.5, 0.6) is 0 Å². The molecule has 60 valence electrons. The number of hydrogen-bond donors (Lipinski definition) is 1. The molecule has 0 spiro atoms. The lowest BCUT2D eigenvalue weighted by molar-refractivity contribution is 0.287. The van der Waals surface area contributed by atoms with E-state index in [9.17, 15) is 0 Å². The predicted molar refractivity (Wildman–Crippen MR) is 43.9 cm³/mol. The molecule has 0 aromatic heterocycles. The van der Waals surface area contributed by atoms with Gasteiger partial charge in [0.15, 0.2) is 0 Å². The molecule has 0 aromatic carbocycles. The fraction of sp³-hybridized carbons (Fsp3) is 1.00. The summed E-state index contributed by atoms with van der Waals surface area (Å²) in [5.74, 6) is 0. The summed E-state index contributed by atoms with van der Waals surface area (Å²) in [6.07, 6.45) is 3.10. The van der Waals surface area contributed by atoms with Crippen LogP contribution in [-0.2, 0) is 0 Å². The van der Waals surface area contributed by atoms with Gasteiger partial charge in [0.05, 0.1) is 6.17 Å². The van der Waals surface area contributed by atoms with Gasteiger partial charge >= 0.3 is 0 Å². The Labute approximate surface area is 63.6 Å². The van der Waals surface area contributed by atoms with E-state index in [4.69, 9.17) is 0 Å². The van der Waals surface area contributed by atoms with Crippen LogP contribution in [0.2, 0.25) is 0 Å². The normalized spacial score (nSPS) is 35.1. The Morgan fingerprint density at radius 1 is 1.40 bits per heavy atom. The molecule has 1 aliphatic rings. The molecule has 0 saturated carbocycles. The zero-order valence-corrected chi connectivity index (χ0v) is 7.22. The Morgan fingerprint density at radius 3 is 2.40 bits per heavy atom. The molecule has 1 aliphatic heterocycles. The topological polar surface area (TPSA) is 15.3 Å². The first-order valence-corrected chi connectivity index (χ1v) is 4.24. The van der Waals surface area contributed by atoms with Crippen molar-refractivity contribution in [3.05, 3.63) is 0 Å². The van der Waals surface area contributed by atoms with E-state index >= 15 is 0 Å². The third kappa shape index (κ3) is 1.50. The molecular formula is C8H18N2. The standard InChI is InChI=1S/C8H18N2/c1-4-7-6-10(3)8(5-2)9-7/h7-9H,4-6H2,1-3H3. The van der Waals surface area contributed by atoms with E-state index < -0.39 is 0 Å². The van der Waals surface area contributed by atoms with Gasteiger partial charge in [-0.05, 0) is 19.9 Å². The second kappa shape index (κ2) is 3.35. The van der Waals surface area contributed by atoms with Gasteiger partial charge in [0.25, 0.3) is 0 Å². The van der Waals surface area contributed by atoms with Crippen molar-refractivity contribution in [1.82, 2.24) is 10.2 Å². The summed E-state index contributed by atoms with van der Waals surface area (Å²) < 4.78 is 0. The maximum atomic E-state index is 3.57. The first kappa shape index (κ1) is 8.02. The van der Waals surface area contributed by atoms with Gasteiger partial charge in [-0.2, -0.15) is 0 Å². The van der Waals surface area contributed by atoms with Gasteiger partial charge in [-0.3, -0.25) is 10.2 Å². The van der Waals surface area contributed by atoms with Crippen LogP contribution in [0.4, 0.5) is 0 Å². The molecule has 2 atom stereocenters. The second-order valence-electron chi connectivity index (χ2n) is 3.14. The number of rotatable bonds is 2. The number of likely N-dealkylation sites (N-methyl/N-ethyl adjacent to an activating group) is 1. The summed E-state index contributed by atoms with van der Waals surface area (Å²) in [6, 6.07) is 0.731. The van der Waals surface area contributed by atoms with Crippen molar-refractivity contribution in [2.75, 3.05) is 13.6 Å². The van der Waals surface area contributed by atoms with Gasteiger partial charge in [-0.1, -0.05) is 13.8 Å². The summed E-state index contributed by atoms with van der Waals surface area (Å²) in [7, 11) is 2.19. The third-order valence-corrected chi connectivity index (χ3v) is 2.35. The molecule has 1 N–H and O–H groups in total. The Kier molecular flexibility index (Phi) is 2.69. The summed E-state index contributed by atoms with van der Waals surface area (Å²) in [6.45, 7) is 5.69. The molecule has 1 heterocycles. The van der Waals surface area contributed by atoms with Crippen molar-refractivity contribution in [2.45, 2.75) is 38.9 Å². The molecule has 0 aliphatic carbocycles. The lowest BCUT2D eigenvalue weighted by Crippen LogP contribution is -2.33. The van der Waals surface area contributed by atoms with E-state index in [-0.39, 0.29) is 0 Å². The zero-order chi connectivity index (χ0) is 7.56. The van der Waals surface area contributed by atoms with Gasteiger partial charge in [0.1, 0.15) is 0 Å². The Balaban J connectivity index is 2.36. The zero-order valence-electron chi connectivity index (χ0n) is 7.22. The van der Waals surface area contributed by atoms with Crippen LogP contribution < -0.4 is 5.32 Å². The largest absolute Gasteiger partial charge is 0.298 e. The highest BCUT2D eigenvalue weighted by molar-refractivity contribution is 4.82. The number of nitrogens with zero attached hydrogens (tertiary/aromatic N) is 1. The Bertz CT molecular complexity index is 103. The molecule has 10 heavy (non-hydrogen) atoms. The highest BCUT2D eigenvalue weighted by atomic mass is 15.3. The molecule has 0 radical (unpaired) electrons. The van der Waals surface area contributed by atoms with Gasteiger partial charge < -0.3 is 0 Å². The SMILES string of the molecule is CCC1CN(C)C(CC)N1. The van der Waals surface area contributed by atoms with E-state index in [1.807, 2.05) is 0 Å². The Hall–Kier alpha value is -0.0800. The second-order valence-corrected chi connectivity index (χ2v) is 3.14. The summed E-state index contributed by atoms with van der Waals surface area (Å²) in [5, 5.41) is 3.57. The maximum Gasteiger partial charge on any atom is 0.0594 e. The van der Waals surface area contributed by atoms with Crippen LogP contribution in [0.15, 0.2) is 0 Å². The van der Waals surface area contributed by atoms with Crippen molar-refractivity contribution in [3.8, 4) is 0 Å². The van der Waals surface area contributed by atoms with Gasteiger partial charge in [-0.15, -0.1) is 0 Å². The number of nitrogens with one attached hydrogen (secondary N) is 1. The minimum Gasteiger partial charge on any atom is -0.298 e. The van der Waals surface area contributed by atoms with Crippen LogP contribution in [0.25, 0.3) is 0 Å². The van der Waals surface area contributed by atoms with Crippen LogP contribution >= 0.6 is 0 Å². The molecule has 1 fully saturated rings. The van der Waals surface area contributed by atoms with Gasteiger partial charge in [0, 0.05) is 12.6 Å². The maximum absolute atomic E-state index is 3.57. The fourth-order valence-corrected chi connectivity index (χ4v) is 1.60. The minimum absolute atomic E-state index is 0.630. The van der Waals surface area contributed by atoms with Crippen molar-refractivity contribution in [1.29, 1.82) is 0 Å². The molecule has 0 aromatic rings. The highest BCUT2D eigenvalue weighted by Gasteiger charge is 2.25. The summed E-state index contributed by atoms with van der Waals surface area (Å²) in [5.41, 5.74) is 0. The predicted octanol–water partition coefficient (Wildman–Crippen LogP) is 1.04. The average Bonchev–Trinajstić information content (AvgIpc) is 2.30. The highest BCUT2D eigenvalue weighted by Crippen LogP contribution is 2.10. The van der Waals surface area contributed by atoms with Crippen molar-refractivity contribution in [2.24, 2.45) is 0 Å². The summed E-state index contributed by atoms with van der Waals surface area (Å²) >= 11 is 0. The summed E-state index contributed by atoms with van der Waals surface area (Å²) in [4.78, 5) is 2.40. The Morgan fingerprint density at radius 2 is 2.10 bits per heavy atom. The molecule has 2 heteroatoms. The third-order valence-electron chi connectivity index (χ3n) is 2.35. The fourth-order valence-electron chi connectivity index (χ4n) is 1.60. The first-order chi connectivity index (χ1) is 4.77. The monoisotopic (exact) mass is 142 g/mol. The van der Waals surface area contributed by atoms with Gasteiger partial charge in [-0.25, -0.2) is 0 Å². The molecule has 2 nitrogen and oxygen atoms in total. The molecular weight excluding hydrogens is 124 g/mol. The number of hydrogen-bond acceptors (Lipinski definition) is 2. The smallest absolute Gasteiger partial charge is 0.0594 e. The van der Waals surface area contributed by atoms with Crippen LogP contribution in [0.3, 0.4) is 0 Å².